The lowest BCUT2D eigenvalue weighted by molar-refractivity contribution is -0.139. The first-order valence-corrected chi connectivity index (χ1v) is 8.59. The first-order chi connectivity index (χ1) is 12.4. The molecule has 1 aromatic carbocycles. The maximum Gasteiger partial charge on any atom is 0.333 e. The summed E-state index contributed by atoms with van der Waals surface area (Å²) < 4.78 is 21.0. The molecule has 6 heteroatoms. The molecular formula is C20H28O6. The van der Waals surface area contributed by atoms with Crippen LogP contribution in [-0.2, 0) is 9.53 Å². The summed E-state index contributed by atoms with van der Waals surface area (Å²) in [5.41, 5.74) is 1.04. The smallest absolute Gasteiger partial charge is 0.333 e. The van der Waals surface area contributed by atoms with E-state index >= 15 is 0 Å². The van der Waals surface area contributed by atoms with E-state index in [0.29, 0.717) is 28.4 Å². The van der Waals surface area contributed by atoms with Crippen LogP contribution in [0.2, 0.25) is 0 Å². The molecule has 0 amide bonds. The second-order valence-corrected chi connectivity index (χ2v) is 5.95. The predicted molar refractivity (Wildman–Crippen MR) is 99.2 cm³/mol. The number of benzene rings is 1. The second-order valence-electron chi connectivity index (χ2n) is 5.95. The topological polar surface area (TPSA) is 71.1 Å². The van der Waals surface area contributed by atoms with Crippen molar-refractivity contribution in [1.29, 1.82) is 0 Å². The van der Waals surface area contributed by atoms with Crippen molar-refractivity contribution in [2.24, 2.45) is 5.92 Å². The molecule has 1 rings (SSSR count). The van der Waals surface area contributed by atoms with Gasteiger partial charge in [0.1, 0.15) is 0 Å². The number of esters is 1. The van der Waals surface area contributed by atoms with Crippen molar-refractivity contribution in [2.75, 3.05) is 27.9 Å². The van der Waals surface area contributed by atoms with Crippen molar-refractivity contribution < 1.29 is 28.5 Å². The molecule has 6 nitrogen and oxygen atoms in total. The fourth-order valence-corrected chi connectivity index (χ4v) is 2.48. The molecule has 0 aliphatic rings. The number of rotatable bonds is 10. The van der Waals surface area contributed by atoms with Crippen LogP contribution in [0.1, 0.15) is 44.0 Å². The van der Waals surface area contributed by atoms with Crippen molar-refractivity contribution in [3.05, 3.63) is 29.3 Å². The van der Waals surface area contributed by atoms with Gasteiger partial charge in [0.25, 0.3) is 0 Å². The minimum atomic E-state index is -0.375. The number of carbonyl (C=O) groups is 2. The van der Waals surface area contributed by atoms with Gasteiger partial charge in [-0.2, -0.15) is 0 Å². The lowest BCUT2D eigenvalue weighted by Gasteiger charge is -2.14. The summed E-state index contributed by atoms with van der Waals surface area (Å²) in [4.78, 5) is 24.6. The molecular weight excluding hydrogens is 336 g/mol. The van der Waals surface area contributed by atoms with Gasteiger partial charge in [-0.05, 0) is 24.5 Å². The molecule has 0 bridgehead atoms. The van der Waals surface area contributed by atoms with E-state index in [-0.39, 0.29) is 30.7 Å². The van der Waals surface area contributed by atoms with Crippen LogP contribution >= 0.6 is 0 Å². The van der Waals surface area contributed by atoms with Crippen molar-refractivity contribution in [2.45, 2.75) is 33.6 Å². The average Bonchev–Trinajstić information content (AvgIpc) is 2.63. The van der Waals surface area contributed by atoms with Gasteiger partial charge in [0.2, 0.25) is 5.75 Å². The first kappa shape index (κ1) is 21.5. The van der Waals surface area contributed by atoms with Crippen molar-refractivity contribution in [3.8, 4) is 17.2 Å². The molecule has 0 aromatic heterocycles. The maximum atomic E-state index is 12.4. The van der Waals surface area contributed by atoms with Crippen LogP contribution < -0.4 is 14.2 Å². The van der Waals surface area contributed by atoms with Crippen LogP contribution in [-0.4, -0.2) is 39.7 Å². The minimum Gasteiger partial charge on any atom is -0.493 e. The largest absolute Gasteiger partial charge is 0.493 e. The molecule has 0 heterocycles. The molecule has 0 saturated heterocycles. The van der Waals surface area contributed by atoms with Gasteiger partial charge in [-0.25, -0.2) is 4.79 Å². The Kier molecular flexibility index (Phi) is 8.68. The molecule has 0 unspecified atom stereocenters. The van der Waals surface area contributed by atoms with E-state index in [4.69, 9.17) is 18.9 Å². The highest BCUT2D eigenvalue weighted by Gasteiger charge is 2.18. The van der Waals surface area contributed by atoms with Gasteiger partial charge in [-0.3, -0.25) is 4.79 Å². The number of hydrogen-bond donors (Lipinski definition) is 0. The lowest BCUT2D eigenvalue weighted by atomic mass is 10.0. The van der Waals surface area contributed by atoms with Crippen LogP contribution in [0.5, 0.6) is 17.2 Å². The highest BCUT2D eigenvalue weighted by Crippen LogP contribution is 2.38. The number of Topliss-reactive ketones (excluding diaryl/α,β-unsaturated/α-hetero) is 1. The Morgan fingerprint density at radius 3 is 2.04 bits per heavy atom. The molecule has 0 spiro atoms. The van der Waals surface area contributed by atoms with Gasteiger partial charge in [0.05, 0.1) is 27.9 Å². The highest BCUT2D eigenvalue weighted by molar-refractivity contribution is 5.97. The Morgan fingerprint density at radius 1 is 1.04 bits per heavy atom. The third kappa shape index (κ3) is 5.51. The lowest BCUT2D eigenvalue weighted by Crippen LogP contribution is -2.15. The monoisotopic (exact) mass is 364 g/mol. The molecule has 0 aliphatic heterocycles. The normalized spacial score (nSPS) is 11.3. The van der Waals surface area contributed by atoms with E-state index in [9.17, 15) is 9.59 Å². The highest BCUT2D eigenvalue weighted by atomic mass is 16.5. The summed E-state index contributed by atoms with van der Waals surface area (Å²) in [7, 11) is 4.47. The molecule has 26 heavy (non-hydrogen) atoms. The zero-order valence-corrected chi connectivity index (χ0v) is 16.4. The van der Waals surface area contributed by atoms with E-state index in [0.717, 1.165) is 6.42 Å². The molecule has 0 saturated carbocycles. The molecule has 1 aromatic rings. The van der Waals surface area contributed by atoms with Gasteiger partial charge < -0.3 is 18.9 Å². The molecule has 0 radical (unpaired) electrons. The Bertz CT molecular complexity index is 635. The Balaban J connectivity index is 2.80. The summed E-state index contributed by atoms with van der Waals surface area (Å²) >= 11 is 0. The summed E-state index contributed by atoms with van der Waals surface area (Å²) in [6, 6.07) is 3.17. The zero-order chi connectivity index (χ0) is 19.7. The SMILES string of the molecule is CCC=C(C(=O)OCCC(=O)c1cc(OC)c(OC)c(OC)c1)C(C)C. The number of ether oxygens (including phenoxy) is 4. The van der Waals surface area contributed by atoms with Crippen LogP contribution in [0.3, 0.4) is 0 Å². The van der Waals surface area contributed by atoms with Gasteiger partial charge in [0.15, 0.2) is 17.3 Å². The Morgan fingerprint density at radius 2 is 1.62 bits per heavy atom. The summed E-state index contributed by atoms with van der Waals surface area (Å²) in [5.74, 6) is 0.750. The van der Waals surface area contributed by atoms with Gasteiger partial charge in [-0.1, -0.05) is 26.8 Å². The van der Waals surface area contributed by atoms with Crippen molar-refractivity contribution in [1.82, 2.24) is 0 Å². The van der Waals surface area contributed by atoms with Crippen LogP contribution in [0.15, 0.2) is 23.8 Å². The fraction of sp³-hybridized carbons (Fsp3) is 0.500. The molecule has 0 N–H and O–H groups in total. The third-order valence-electron chi connectivity index (χ3n) is 3.83. The summed E-state index contributed by atoms with van der Waals surface area (Å²) in [6.45, 7) is 5.85. The van der Waals surface area contributed by atoms with Crippen molar-refractivity contribution in [3.63, 3.8) is 0 Å². The standard InChI is InChI=1S/C20H28O6/c1-7-8-15(13(2)3)20(22)26-10-9-16(21)14-11-17(23-4)19(25-6)18(12-14)24-5/h8,11-13H,7,9-10H2,1-6H3. The number of ketones is 1. The van der Waals surface area contributed by atoms with Crippen LogP contribution in [0.25, 0.3) is 0 Å². The third-order valence-corrected chi connectivity index (χ3v) is 3.83. The van der Waals surface area contributed by atoms with E-state index in [1.165, 1.54) is 21.3 Å². The maximum absolute atomic E-state index is 12.4. The first-order valence-electron chi connectivity index (χ1n) is 8.59. The Hall–Kier alpha value is -2.50. The van der Waals surface area contributed by atoms with Gasteiger partial charge >= 0.3 is 5.97 Å². The quantitative estimate of drug-likeness (QED) is 0.357. The molecule has 144 valence electrons. The Labute approximate surface area is 155 Å². The van der Waals surface area contributed by atoms with E-state index in [1.807, 2.05) is 26.8 Å². The van der Waals surface area contributed by atoms with Gasteiger partial charge in [-0.15, -0.1) is 0 Å². The average molecular weight is 364 g/mol. The summed E-state index contributed by atoms with van der Waals surface area (Å²) in [6.07, 6.45) is 2.68. The molecule has 0 atom stereocenters. The van der Waals surface area contributed by atoms with Crippen LogP contribution in [0, 0.1) is 5.92 Å². The van der Waals surface area contributed by atoms with Crippen LogP contribution in [0.4, 0.5) is 0 Å². The molecule has 0 fully saturated rings. The second kappa shape index (κ2) is 10.5. The number of allylic oxidation sites excluding steroid dienone is 1. The number of carbonyl (C=O) groups excluding carboxylic acids is 2. The minimum absolute atomic E-state index is 0.0160. The number of hydrogen-bond acceptors (Lipinski definition) is 6. The summed E-state index contributed by atoms with van der Waals surface area (Å²) in [5, 5.41) is 0. The van der Waals surface area contributed by atoms with Crippen molar-refractivity contribution >= 4 is 11.8 Å². The van der Waals surface area contributed by atoms with E-state index < -0.39 is 0 Å². The van der Waals surface area contributed by atoms with E-state index in [2.05, 4.69) is 0 Å². The van der Waals surface area contributed by atoms with Gasteiger partial charge in [0, 0.05) is 17.6 Å². The molecule has 0 aliphatic carbocycles. The van der Waals surface area contributed by atoms with E-state index in [1.54, 1.807) is 12.1 Å². The number of methoxy groups -OCH3 is 3. The predicted octanol–water partition coefficient (Wildman–Crippen LogP) is 3.82. The zero-order valence-electron chi connectivity index (χ0n) is 16.4. The fourth-order valence-electron chi connectivity index (χ4n) is 2.48.